The Morgan fingerprint density at radius 3 is 1.33 bits per heavy atom. The summed E-state index contributed by atoms with van der Waals surface area (Å²) in [7, 11) is 0. The number of hydrogen-bond donors (Lipinski definition) is 4. The highest BCUT2D eigenvalue weighted by Gasteiger charge is 2.20. The molecule has 4 aromatic carbocycles. The lowest BCUT2D eigenvalue weighted by molar-refractivity contribution is -0.144. The van der Waals surface area contributed by atoms with Gasteiger partial charge in [-0.05, 0) is 86.1 Å². The van der Waals surface area contributed by atoms with Gasteiger partial charge in [0.05, 0.1) is 25.4 Å². The average molecular weight is 779 g/mol. The van der Waals surface area contributed by atoms with Gasteiger partial charge >= 0.3 is 11.9 Å². The number of aliphatic hydroxyl groups is 2. The molecule has 14 heteroatoms. The van der Waals surface area contributed by atoms with E-state index in [1.807, 2.05) is 62.4 Å². The van der Waals surface area contributed by atoms with Crippen molar-refractivity contribution in [3.8, 4) is 22.9 Å². The number of nitrogens with zero attached hydrogens (tertiary/aromatic N) is 6. The van der Waals surface area contributed by atoms with Crippen molar-refractivity contribution in [3.63, 3.8) is 0 Å². The van der Waals surface area contributed by atoms with Gasteiger partial charge in [-0.15, -0.1) is 30.0 Å². The van der Waals surface area contributed by atoms with E-state index >= 15 is 0 Å². The van der Waals surface area contributed by atoms with Crippen LogP contribution in [0.15, 0.2) is 72.8 Å². The van der Waals surface area contributed by atoms with Gasteiger partial charge in [-0.25, -0.2) is 0 Å². The quantitative estimate of drug-likeness (QED) is 0.0641. The second-order valence-corrected chi connectivity index (χ2v) is 14.2. The van der Waals surface area contributed by atoms with Crippen molar-refractivity contribution in [1.29, 1.82) is 0 Å². The van der Waals surface area contributed by atoms with Gasteiger partial charge in [0, 0.05) is 43.2 Å². The molecule has 2 aromatic heterocycles. The molecule has 2 atom stereocenters. The molecule has 6 aromatic rings. The first kappa shape index (κ1) is 40.8. The van der Waals surface area contributed by atoms with E-state index < -0.39 is 12.2 Å². The Hall–Kier alpha value is -5.86. The summed E-state index contributed by atoms with van der Waals surface area (Å²) in [5.74, 6) is -0.899. The number of fused-ring (bicyclic) bond motifs is 2. The third-order valence-corrected chi connectivity index (χ3v) is 9.93. The molecule has 0 aliphatic carbocycles. The minimum absolute atomic E-state index is 0.0695. The van der Waals surface area contributed by atoms with Gasteiger partial charge in [0.15, 0.2) is 0 Å². The zero-order valence-electron chi connectivity index (χ0n) is 32.4. The van der Waals surface area contributed by atoms with Gasteiger partial charge in [-0.3, -0.25) is 9.59 Å². The highest BCUT2D eigenvalue weighted by atomic mass is 16.5. The first-order valence-electron chi connectivity index (χ1n) is 19.6. The van der Waals surface area contributed by atoms with E-state index in [-0.39, 0.29) is 55.9 Å². The highest BCUT2D eigenvalue weighted by molar-refractivity contribution is 5.75. The Balaban J connectivity index is 1.29. The van der Waals surface area contributed by atoms with Crippen LogP contribution in [0.3, 0.4) is 0 Å². The largest absolute Gasteiger partial charge is 0.505 e. The highest BCUT2D eigenvalue weighted by Crippen LogP contribution is 2.35. The summed E-state index contributed by atoms with van der Waals surface area (Å²) in [5, 5.41) is 61.6. The van der Waals surface area contributed by atoms with Gasteiger partial charge in [0.1, 0.15) is 44.9 Å². The molecule has 57 heavy (non-hydrogen) atoms. The maximum absolute atomic E-state index is 12.5. The topological polar surface area (TPSA) is 195 Å². The molecular weight excluding hydrogens is 729 g/mol. The normalized spacial score (nSPS) is 12.6. The molecule has 14 nitrogen and oxygen atoms in total. The molecule has 0 bridgehead atoms. The molecule has 2 unspecified atom stereocenters. The van der Waals surface area contributed by atoms with Crippen molar-refractivity contribution >= 4 is 34.0 Å². The number of benzene rings is 4. The van der Waals surface area contributed by atoms with Gasteiger partial charge in [-0.2, -0.15) is 0 Å². The van der Waals surface area contributed by atoms with Crippen LogP contribution >= 0.6 is 0 Å². The number of phenolic OH excluding ortho intramolecular Hbond substituents is 2. The molecule has 0 aliphatic rings. The van der Waals surface area contributed by atoms with Crippen molar-refractivity contribution in [2.24, 2.45) is 0 Å². The fourth-order valence-electron chi connectivity index (χ4n) is 6.57. The van der Waals surface area contributed by atoms with Crippen molar-refractivity contribution in [1.82, 2.24) is 30.0 Å². The van der Waals surface area contributed by atoms with Crippen LogP contribution in [0, 0.1) is 0 Å². The van der Waals surface area contributed by atoms with E-state index in [9.17, 15) is 30.0 Å². The Labute approximate surface area is 330 Å². The summed E-state index contributed by atoms with van der Waals surface area (Å²) in [4.78, 5) is 27.7. The average Bonchev–Trinajstić information content (AvgIpc) is 3.84. The van der Waals surface area contributed by atoms with Gasteiger partial charge < -0.3 is 29.9 Å². The van der Waals surface area contributed by atoms with Crippen LogP contribution in [-0.2, 0) is 38.3 Å². The third-order valence-electron chi connectivity index (χ3n) is 9.93. The molecule has 0 fully saturated rings. The van der Waals surface area contributed by atoms with E-state index in [0.717, 1.165) is 11.1 Å². The van der Waals surface area contributed by atoms with Crippen LogP contribution in [0.1, 0.15) is 87.5 Å². The minimum atomic E-state index is -0.440. The van der Waals surface area contributed by atoms with E-state index in [4.69, 9.17) is 9.47 Å². The van der Waals surface area contributed by atoms with Gasteiger partial charge in [0.25, 0.3) is 0 Å². The zero-order chi connectivity index (χ0) is 40.3. The van der Waals surface area contributed by atoms with Gasteiger partial charge in [0.2, 0.25) is 0 Å². The molecule has 2 heterocycles. The van der Waals surface area contributed by atoms with Crippen LogP contribution in [0.25, 0.3) is 33.4 Å². The number of hydrogen-bond acceptors (Lipinski definition) is 12. The number of ether oxygens (including phenoxy) is 2. The predicted octanol–water partition coefficient (Wildman–Crippen LogP) is 6.21. The molecule has 4 N–H and O–H groups in total. The molecule has 0 spiro atoms. The van der Waals surface area contributed by atoms with Crippen LogP contribution < -0.4 is 0 Å². The molecule has 300 valence electrons. The number of esters is 2. The van der Waals surface area contributed by atoms with Crippen molar-refractivity contribution in [3.05, 3.63) is 95.1 Å². The number of carbonyl (C=O) groups excluding carboxylic acids is 2. The first-order valence-corrected chi connectivity index (χ1v) is 19.6. The number of carbonyl (C=O) groups is 2. The summed E-state index contributed by atoms with van der Waals surface area (Å²) in [6, 6.07) is 21.8. The van der Waals surface area contributed by atoms with E-state index in [1.54, 1.807) is 24.3 Å². The summed E-state index contributed by atoms with van der Waals surface area (Å²) in [6.45, 7) is 3.97. The minimum Gasteiger partial charge on any atom is -0.505 e. The van der Waals surface area contributed by atoms with Crippen molar-refractivity contribution in [2.75, 3.05) is 13.2 Å². The lowest BCUT2D eigenvalue weighted by atomic mass is 9.96. The Morgan fingerprint density at radius 2 is 0.982 bits per heavy atom. The zero-order valence-corrected chi connectivity index (χ0v) is 32.4. The van der Waals surface area contributed by atoms with Crippen LogP contribution in [0.4, 0.5) is 0 Å². The van der Waals surface area contributed by atoms with Crippen LogP contribution in [-0.4, -0.2) is 87.8 Å². The van der Waals surface area contributed by atoms with Crippen molar-refractivity contribution < 1.29 is 39.5 Å². The number of aromatic nitrogens is 6. The SMILES string of the molecule is CCC(O)CCCC(=O)OCCc1cc(Cc2cc(CCOC(=O)CCCC(O)CC)cc(-n3nc4ccccc4n3)c2O)c(O)c(-n2nc3ccccc3n2)c1. The molecule has 6 rings (SSSR count). The Morgan fingerprint density at radius 1 is 0.614 bits per heavy atom. The number of phenols is 2. The lowest BCUT2D eigenvalue weighted by Crippen LogP contribution is -2.11. The van der Waals surface area contributed by atoms with E-state index in [0.29, 0.717) is 95.9 Å². The molecule has 0 amide bonds. The Kier molecular flexibility index (Phi) is 13.8. The standard InChI is InChI=1S/C43H50N6O8/c1-3-32(50)11-9-17-40(52)56-21-19-28-23-30(42(54)38(25-28)48-44-34-13-5-6-14-35(34)45-48)27-31-24-29(20-22-57-41(53)18-10-12-33(51)4-2)26-39(43(31)55)49-46-36-15-7-8-16-37(36)47-49/h5-8,13-16,23-26,32-33,50-51,54-55H,3-4,9-12,17-22,27H2,1-2H3. The molecule has 0 saturated carbocycles. The monoisotopic (exact) mass is 778 g/mol. The maximum Gasteiger partial charge on any atom is 0.305 e. The summed E-state index contributed by atoms with van der Waals surface area (Å²) < 4.78 is 11.1. The number of aromatic hydroxyl groups is 2. The summed E-state index contributed by atoms with van der Waals surface area (Å²) in [6.07, 6.45) is 3.62. The molecule has 0 radical (unpaired) electrons. The second-order valence-electron chi connectivity index (χ2n) is 14.2. The lowest BCUT2D eigenvalue weighted by Gasteiger charge is -2.16. The van der Waals surface area contributed by atoms with E-state index in [1.165, 1.54) is 9.59 Å². The molecule has 0 aliphatic heterocycles. The fraction of sp³-hybridized carbons (Fsp3) is 0.395. The predicted molar refractivity (Wildman–Crippen MR) is 213 cm³/mol. The number of aliphatic hydroxyl groups excluding tert-OH is 2. The molecular formula is C43H50N6O8. The second kappa shape index (κ2) is 19.3. The third kappa shape index (κ3) is 10.7. The summed E-state index contributed by atoms with van der Waals surface area (Å²) in [5.41, 5.74) is 5.57. The Bertz CT molecular complexity index is 2080. The maximum atomic E-state index is 12.5. The van der Waals surface area contributed by atoms with Gasteiger partial charge in [-0.1, -0.05) is 50.2 Å². The summed E-state index contributed by atoms with van der Waals surface area (Å²) >= 11 is 0. The van der Waals surface area contributed by atoms with Crippen LogP contribution in [0.2, 0.25) is 0 Å². The smallest absolute Gasteiger partial charge is 0.305 e. The first-order chi connectivity index (χ1) is 27.6. The van der Waals surface area contributed by atoms with E-state index in [2.05, 4.69) is 20.4 Å². The van der Waals surface area contributed by atoms with Crippen molar-refractivity contribution in [2.45, 2.75) is 96.7 Å². The molecule has 0 saturated heterocycles. The number of rotatable bonds is 20. The fourth-order valence-corrected chi connectivity index (χ4v) is 6.57. The van der Waals surface area contributed by atoms with Crippen LogP contribution in [0.5, 0.6) is 11.5 Å².